The highest BCUT2D eigenvalue weighted by Gasteiger charge is 2.31. The van der Waals surface area contributed by atoms with Gasteiger partial charge in [0.1, 0.15) is 12.4 Å². The number of urea groups is 1. The quantitative estimate of drug-likeness (QED) is 0.378. The minimum atomic E-state index is -0.304. The van der Waals surface area contributed by atoms with Gasteiger partial charge in [0.15, 0.2) is 0 Å². The lowest BCUT2D eigenvalue weighted by molar-refractivity contribution is 0.237. The van der Waals surface area contributed by atoms with Crippen molar-refractivity contribution in [3.05, 3.63) is 75.2 Å². The van der Waals surface area contributed by atoms with E-state index >= 15 is 0 Å². The molecule has 0 unspecified atom stereocenters. The molecule has 1 fully saturated rings. The van der Waals surface area contributed by atoms with E-state index in [-0.39, 0.29) is 6.03 Å². The number of fused-ring (bicyclic) bond motifs is 1. The molecule has 1 N–H and O–H groups in total. The minimum absolute atomic E-state index is 0.304. The Morgan fingerprint density at radius 2 is 1.59 bits per heavy atom. The lowest BCUT2D eigenvalue weighted by atomic mass is 9.95. The SMILES string of the molecule is O=C1NCc2c(-c3ccccc3Cl)cc(OCCN3CCCC3)cc2N1c1c(Cl)cccc1Cl. The summed E-state index contributed by atoms with van der Waals surface area (Å²) in [5, 5.41) is 4.34. The molecule has 176 valence electrons. The fourth-order valence-electron chi connectivity index (χ4n) is 4.60. The molecule has 3 aromatic carbocycles. The van der Waals surface area contributed by atoms with Crippen LogP contribution in [0.15, 0.2) is 54.6 Å². The maximum atomic E-state index is 13.1. The minimum Gasteiger partial charge on any atom is -0.492 e. The van der Waals surface area contributed by atoms with Gasteiger partial charge in [-0.2, -0.15) is 0 Å². The van der Waals surface area contributed by atoms with Crippen LogP contribution >= 0.6 is 34.8 Å². The number of para-hydroxylation sites is 1. The van der Waals surface area contributed by atoms with Crippen molar-refractivity contribution in [1.82, 2.24) is 10.2 Å². The Morgan fingerprint density at radius 1 is 0.882 bits per heavy atom. The topological polar surface area (TPSA) is 44.8 Å². The Kier molecular flexibility index (Phi) is 6.89. The van der Waals surface area contributed by atoms with Crippen LogP contribution in [-0.4, -0.2) is 37.2 Å². The van der Waals surface area contributed by atoms with E-state index in [9.17, 15) is 4.79 Å². The molecule has 5 nitrogen and oxygen atoms in total. The van der Waals surface area contributed by atoms with Gasteiger partial charge < -0.3 is 10.1 Å². The van der Waals surface area contributed by atoms with Gasteiger partial charge in [-0.3, -0.25) is 9.80 Å². The second-order valence-corrected chi connectivity index (χ2v) is 9.63. The van der Waals surface area contributed by atoms with Gasteiger partial charge in [0, 0.05) is 35.3 Å². The molecule has 8 heteroatoms. The van der Waals surface area contributed by atoms with E-state index in [1.807, 2.05) is 36.4 Å². The molecular formula is C26H24Cl3N3O2. The van der Waals surface area contributed by atoms with Gasteiger partial charge in [-0.05, 0) is 55.8 Å². The van der Waals surface area contributed by atoms with E-state index in [0.717, 1.165) is 36.3 Å². The largest absolute Gasteiger partial charge is 0.492 e. The van der Waals surface area contributed by atoms with Gasteiger partial charge in [0.2, 0.25) is 0 Å². The maximum Gasteiger partial charge on any atom is 0.326 e. The molecule has 0 atom stereocenters. The van der Waals surface area contributed by atoms with Crippen LogP contribution < -0.4 is 15.0 Å². The number of carbonyl (C=O) groups excluding carboxylic acids is 1. The van der Waals surface area contributed by atoms with Crippen molar-refractivity contribution >= 4 is 52.2 Å². The third-order valence-electron chi connectivity index (χ3n) is 6.26. The molecule has 5 rings (SSSR count). The fourth-order valence-corrected chi connectivity index (χ4v) is 5.40. The number of rotatable bonds is 6. The molecule has 1 saturated heterocycles. The van der Waals surface area contributed by atoms with E-state index in [1.54, 1.807) is 18.2 Å². The summed E-state index contributed by atoms with van der Waals surface area (Å²) >= 11 is 19.6. The van der Waals surface area contributed by atoms with Crippen molar-refractivity contribution in [3.63, 3.8) is 0 Å². The Bertz CT molecular complexity index is 1210. The molecule has 2 heterocycles. The van der Waals surface area contributed by atoms with Crippen molar-refractivity contribution in [2.24, 2.45) is 0 Å². The number of amides is 2. The second-order valence-electron chi connectivity index (χ2n) is 8.41. The van der Waals surface area contributed by atoms with Crippen LogP contribution in [0.5, 0.6) is 5.75 Å². The molecule has 2 aliphatic heterocycles. The molecular weight excluding hydrogens is 493 g/mol. The number of halogens is 3. The summed E-state index contributed by atoms with van der Waals surface area (Å²) in [5.74, 6) is 0.663. The van der Waals surface area contributed by atoms with Gasteiger partial charge in [0.05, 0.1) is 21.4 Å². The lowest BCUT2D eigenvalue weighted by Gasteiger charge is -2.33. The average molecular weight is 517 g/mol. The smallest absolute Gasteiger partial charge is 0.326 e. The summed E-state index contributed by atoms with van der Waals surface area (Å²) in [7, 11) is 0. The lowest BCUT2D eigenvalue weighted by Crippen LogP contribution is -2.41. The monoisotopic (exact) mass is 515 g/mol. The van der Waals surface area contributed by atoms with Crippen LogP contribution in [0.1, 0.15) is 18.4 Å². The average Bonchev–Trinajstić information content (AvgIpc) is 3.34. The predicted molar refractivity (Wildman–Crippen MR) is 139 cm³/mol. The van der Waals surface area contributed by atoms with Crippen molar-refractivity contribution in [3.8, 4) is 16.9 Å². The van der Waals surface area contributed by atoms with Gasteiger partial charge in [-0.25, -0.2) is 4.79 Å². The van der Waals surface area contributed by atoms with Gasteiger partial charge in [-0.1, -0.05) is 59.1 Å². The van der Waals surface area contributed by atoms with Crippen LogP contribution in [0.2, 0.25) is 15.1 Å². The molecule has 34 heavy (non-hydrogen) atoms. The first-order chi connectivity index (χ1) is 16.5. The molecule has 0 aliphatic carbocycles. The summed E-state index contributed by atoms with van der Waals surface area (Å²) < 4.78 is 6.21. The van der Waals surface area contributed by atoms with Crippen molar-refractivity contribution in [2.75, 3.05) is 31.1 Å². The summed E-state index contributed by atoms with van der Waals surface area (Å²) in [6, 6.07) is 16.4. The van der Waals surface area contributed by atoms with E-state index in [0.29, 0.717) is 45.3 Å². The van der Waals surface area contributed by atoms with Gasteiger partial charge in [-0.15, -0.1) is 0 Å². The third-order valence-corrected chi connectivity index (χ3v) is 7.20. The van der Waals surface area contributed by atoms with E-state index in [4.69, 9.17) is 39.5 Å². The predicted octanol–water partition coefficient (Wildman–Crippen LogP) is 7.15. The number of carbonyl (C=O) groups is 1. The Balaban J connectivity index is 1.61. The van der Waals surface area contributed by atoms with E-state index in [2.05, 4.69) is 10.2 Å². The first kappa shape index (κ1) is 23.3. The van der Waals surface area contributed by atoms with Crippen LogP contribution in [0.3, 0.4) is 0 Å². The molecule has 2 aliphatic rings. The second kappa shape index (κ2) is 10.0. The van der Waals surface area contributed by atoms with Crippen LogP contribution in [0.4, 0.5) is 16.2 Å². The van der Waals surface area contributed by atoms with E-state index in [1.165, 1.54) is 17.7 Å². The molecule has 2 amide bonds. The first-order valence-corrected chi connectivity index (χ1v) is 12.5. The molecule has 0 bridgehead atoms. The zero-order valence-corrected chi connectivity index (χ0v) is 20.8. The highest BCUT2D eigenvalue weighted by molar-refractivity contribution is 6.40. The number of benzene rings is 3. The molecule has 0 aromatic heterocycles. The number of anilines is 2. The first-order valence-electron chi connectivity index (χ1n) is 11.3. The normalized spacial score (nSPS) is 15.9. The Labute approximate surface area is 214 Å². The number of nitrogens with zero attached hydrogens (tertiary/aromatic N) is 2. The van der Waals surface area contributed by atoms with Gasteiger partial charge >= 0.3 is 6.03 Å². The van der Waals surface area contributed by atoms with Crippen molar-refractivity contribution in [1.29, 1.82) is 0 Å². The fraction of sp³-hybridized carbons (Fsp3) is 0.269. The molecule has 0 radical (unpaired) electrons. The van der Waals surface area contributed by atoms with Crippen LogP contribution in [-0.2, 0) is 6.54 Å². The van der Waals surface area contributed by atoms with Gasteiger partial charge in [0.25, 0.3) is 0 Å². The van der Waals surface area contributed by atoms with Crippen LogP contribution in [0, 0.1) is 0 Å². The number of ether oxygens (including phenoxy) is 1. The molecule has 0 spiro atoms. The summed E-state index contributed by atoms with van der Waals surface area (Å²) in [6.45, 7) is 3.98. The summed E-state index contributed by atoms with van der Waals surface area (Å²) in [6.07, 6.45) is 2.47. The Morgan fingerprint density at radius 3 is 2.32 bits per heavy atom. The number of hydrogen-bond acceptors (Lipinski definition) is 3. The zero-order chi connectivity index (χ0) is 23.7. The summed E-state index contributed by atoms with van der Waals surface area (Å²) in [4.78, 5) is 17.0. The van der Waals surface area contributed by atoms with E-state index < -0.39 is 0 Å². The Hall–Kier alpha value is -2.44. The highest BCUT2D eigenvalue weighted by Crippen LogP contribution is 2.45. The highest BCUT2D eigenvalue weighted by atomic mass is 35.5. The molecule has 3 aromatic rings. The van der Waals surface area contributed by atoms with Crippen molar-refractivity contribution < 1.29 is 9.53 Å². The third kappa shape index (κ3) is 4.58. The zero-order valence-electron chi connectivity index (χ0n) is 18.5. The maximum absolute atomic E-state index is 13.1. The number of hydrogen-bond donors (Lipinski definition) is 1. The molecule has 0 saturated carbocycles. The summed E-state index contributed by atoms with van der Waals surface area (Å²) in [5.41, 5.74) is 3.78. The standard InChI is InChI=1S/C26H24Cl3N3O2/c27-21-7-2-1-6-18(21)19-14-17(34-13-12-31-10-3-4-11-31)15-24-20(19)16-30-26(33)32(24)25-22(28)8-5-9-23(25)29/h1-2,5-9,14-15H,3-4,10-13,16H2,(H,30,33). The van der Waals surface area contributed by atoms with Crippen LogP contribution in [0.25, 0.3) is 11.1 Å². The number of nitrogens with one attached hydrogen (secondary N) is 1. The number of likely N-dealkylation sites (tertiary alicyclic amines) is 1. The van der Waals surface area contributed by atoms with Crippen molar-refractivity contribution in [2.45, 2.75) is 19.4 Å².